The number of hydrogen-bond acceptors (Lipinski definition) is 6. The molecule has 0 aliphatic heterocycles. The second kappa shape index (κ2) is 17.6. The van der Waals surface area contributed by atoms with Crippen molar-refractivity contribution in [1.82, 2.24) is 24.9 Å². The van der Waals surface area contributed by atoms with Crippen LogP contribution in [0.5, 0.6) is 0 Å². The number of benzene rings is 4. The number of furan rings is 1. The number of hydrogen-bond donors (Lipinski definition) is 0. The number of para-hydroxylation sites is 1. The molecule has 7 heteroatoms. The standard InChI is InChI=1S/C37H37N4O.C17H20N.Ir/c1-21-17-24(33-39-34(36(4,5)6)41-35(40-33)37(7,8)9)18-22(2)31(21)28-19-29(38-20-23(28)3)27-15-12-14-26-25-13-10-11-16-30(25)42-32(26)27;1-13-5-8-15(9-6-13)16-10-7-14(12-18-16)11-17(2,3)4;/h10-14,16-20H,1-9H3;5-8,10,12H,11H2,1-4H3;/q2*-1;/i;1D3,11D2;. The summed E-state index contributed by atoms with van der Waals surface area (Å²) in [5.41, 5.74) is 11.3. The van der Waals surface area contributed by atoms with Crippen LogP contribution >= 0.6 is 0 Å². The summed E-state index contributed by atoms with van der Waals surface area (Å²) in [5, 5.41) is 2.17. The molecule has 0 bridgehead atoms. The van der Waals surface area contributed by atoms with E-state index in [1.165, 1.54) is 17.8 Å². The molecule has 0 spiro atoms. The van der Waals surface area contributed by atoms with Crippen molar-refractivity contribution < 1.29 is 31.4 Å². The van der Waals surface area contributed by atoms with E-state index in [9.17, 15) is 0 Å². The molecule has 315 valence electrons. The van der Waals surface area contributed by atoms with Crippen LogP contribution in [0.1, 0.15) is 109 Å². The zero-order chi connectivity index (χ0) is 47.4. The Morgan fingerprint density at radius 2 is 1.36 bits per heavy atom. The van der Waals surface area contributed by atoms with Gasteiger partial charge in [0.1, 0.15) is 17.2 Å². The van der Waals surface area contributed by atoms with E-state index in [0.717, 1.165) is 78.5 Å². The Balaban J connectivity index is 0.000000255. The van der Waals surface area contributed by atoms with E-state index in [-0.39, 0.29) is 36.5 Å². The van der Waals surface area contributed by atoms with Gasteiger partial charge in [0.05, 0.1) is 5.58 Å². The second-order valence-electron chi connectivity index (χ2n) is 18.7. The first-order valence-corrected chi connectivity index (χ1v) is 20.4. The molecule has 4 aromatic carbocycles. The largest absolute Gasteiger partial charge is 0.501 e. The quantitative estimate of drug-likeness (QED) is 0.160. The van der Waals surface area contributed by atoms with Crippen molar-refractivity contribution in [2.45, 2.75) is 107 Å². The molecule has 0 saturated heterocycles. The zero-order valence-electron chi connectivity index (χ0n) is 42.2. The number of pyridine rings is 2. The Hall–Kier alpha value is -5.36. The third-order valence-corrected chi connectivity index (χ3v) is 10.1. The topological polar surface area (TPSA) is 77.6 Å². The van der Waals surface area contributed by atoms with Crippen LogP contribution < -0.4 is 0 Å². The van der Waals surface area contributed by atoms with Gasteiger partial charge in [-0.15, -0.1) is 53.6 Å². The van der Waals surface area contributed by atoms with E-state index >= 15 is 0 Å². The minimum absolute atomic E-state index is 0. The minimum atomic E-state index is -2.14. The average Bonchev–Trinajstić information content (AvgIpc) is 3.62. The summed E-state index contributed by atoms with van der Waals surface area (Å²) >= 11 is 0. The monoisotopic (exact) mass is 989 g/mol. The number of aryl methyl sites for hydroxylation is 4. The number of nitrogens with zero attached hydrogens (tertiary/aromatic N) is 5. The summed E-state index contributed by atoms with van der Waals surface area (Å²) in [6.07, 6.45) is 1.99. The van der Waals surface area contributed by atoms with Crippen LogP contribution in [0.25, 0.3) is 67.0 Å². The number of rotatable bonds is 5. The SMILES string of the molecule is Cc1cnc(-c2[c-]ccc3c2oc2ccccc23)cc1-c1c(C)cc(-c2nc(C(C)(C)C)nc(C(C)(C)C)n2)cc1C.[2H]C([2H])([2H])c1c[c-]c(-c2ccc(C([2H])([2H])C(C)(C)C)cn2)cc1.[Ir]. The fourth-order valence-corrected chi connectivity index (χ4v) is 7.15. The molecular weight excluding hydrogens is 927 g/mol. The smallest absolute Gasteiger partial charge is 0.163 e. The van der Waals surface area contributed by atoms with Crippen molar-refractivity contribution in [1.29, 1.82) is 0 Å². The van der Waals surface area contributed by atoms with Gasteiger partial charge in [-0.05, 0) is 95.5 Å². The second-order valence-corrected chi connectivity index (χ2v) is 18.7. The minimum Gasteiger partial charge on any atom is -0.501 e. The Bertz CT molecular complexity index is 2970. The van der Waals surface area contributed by atoms with E-state index in [0.29, 0.717) is 16.8 Å². The molecule has 61 heavy (non-hydrogen) atoms. The van der Waals surface area contributed by atoms with Crippen molar-refractivity contribution in [2.24, 2.45) is 5.41 Å². The van der Waals surface area contributed by atoms with Crippen LogP contribution in [0.3, 0.4) is 0 Å². The van der Waals surface area contributed by atoms with Crippen molar-refractivity contribution >= 4 is 21.9 Å². The maximum absolute atomic E-state index is 8.25. The fraction of sp³-hybridized carbons (Fsp3) is 0.315. The number of fused-ring (bicyclic) bond motifs is 3. The molecule has 0 N–H and O–H groups in total. The molecule has 1 radical (unpaired) electrons. The van der Waals surface area contributed by atoms with Gasteiger partial charge in [-0.3, -0.25) is 0 Å². The first-order chi connectivity index (χ1) is 30.2. The van der Waals surface area contributed by atoms with E-state index in [1.54, 1.807) is 24.3 Å². The van der Waals surface area contributed by atoms with Crippen LogP contribution in [0.4, 0.5) is 0 Å². The van der Waals surface area contributed by atoms with Gasteiger partial charge in [0.15, 0.2) is 5.82 Å². The maximum atomic E-state index is 8.25. The summed E-state index contributed by atoms with van der Waals surface area (Å²) < 4.78 is 44.9. The Morgan fingerprint density at radius 3 is 1.95 bits per heavy atom. The van der Waals surface area contributed by atoms with Crippen molar-refractivity contribution in [3.63, 3.8) is 0 Å². The maximum Gasteiger partial charge on any atom is 0.163 e. The van der Waals surface area contributed by atoms with Crippen LogP contribution in [0.15, 0.2) is 102 Å². The van der Waals surface area contributed by atoms with E-state index in [2.05, 4.69) is 110 Å². The van der Waals surface area contributed by atoms with Crippen LogP contribution in [0, 0.1) is 45.2 Å². The van der Waals surface area contributed by atoms with Crippen molar-refractivity contribution in [2.75, 3.05) is 0 Å². The fourth-order valence-electron chi connectivity index (χ4n) is 7.15. The van der Waals surface area contributed by atoms with Gasteiger partial charge in [0.2, 0.25) is 0 Å². The Labute approximate surface area is 383 Å². The van der Waals surface area contributed by atoms with Gasteiger partial charge in [-0.25, -0.2) is 15.0 Å². The molecule has 4 heterocycles. The predicted molar refractivity (Wildman–Crippen MR) is 248 cm³/mol. The summed E-state index contributed by atoms with van der Waals surface area (Å²) in [4.78, 5) is 23.9. The van der Waals surface area contributed by atoms with Gasteiger partial charge in [0, 0.05) is 61.1 Å². The summed E-state index contributed by atoms with van der Waals surface area (Å²) in [7, 11) is 0. The molecule has 0 amide bonds. The van der Waals surface area contributed by atoms with Gasteiger partial charge in [-0.1, -0.05) is 117 Å². The predicted octanol–water partition coefficient (Wildman–Crippen LogP) is 13.9. The van der Waals surface area contributed by atoms with E-state index in [4.69, 9.17) is 31.2 Å². The molecule has 0 aliphatic carbocycles. The van der Waals surface area contributed by atoms with Gasteiger partial charge < -0.3 is 14.4 Å². The van der Waals surface area contributed by atoms with Crippen LogP contribution in [-0.2, 0) is 37.3 Å². The molecule has 0 atom stereocenters. The van der Waals surface area contributed by atoms with Gasteiger partial charge in [0.25, 0.3) is 0 Å². The molecule has 0 aliphatic rings. The molecule has 0 saturated carbocycles. The first-order valence-electron chi connectivity index (χ1n) is 22.9. The summed E-state index contributed by atoms with van der Waals surface area (Å²) in [6.45, 7) is 22.7. The molecule has 0 unspecified atom stereocenters. The molecule has 8 aromatic rings. The third kappa shape index (κ3) is 10.2. The molecule has 4 aromatic heterocycles. The van der Waals surface area contributed by atoms with Crippen LogP contribution in [-0.4, -0.2) is 24.9 Å². The van der Waals surface area contributed by atoms with Crippen LogP contribution in [0.2, 0.25) is 0 Å². The van der Waals surface area contributed by atoms with E-state index in [1.807, 2.05) is 51.2 Å². The molecule has 8 rings (SSSR count). The van der Waals surface area contributed by atoms with Crippen molar-refractivity contribution in [3.8, 4) is 45.0 Å². The van der Waals surface area contributed by atoms with Gasteiger partial charge >= 0.3 is 0 Å². The molecule has 0 fully saturated rings. The Kier molecular flexibility index (Phi) is 11.1. The average molecular weight is 989 g/mol. The molecule has 6 nitrogen and oxygen atoms in total. The van der Waals surface area contributed by atoms with Gasteiger partial charge in [-0.2, -0.15) is 0 Å². The number of aromatic nitrogens is 5. The third-order valence-electron chi connectivity index (χ3n) is 10.1. The first kappa shape index (κ1) is 38.6. The summed E-state index contributed by atoms with van der Waals surface area (Å²) in [6, 6.07) is 33.2. The zero-order valence-corrected chi connectivity index (χ0v) is 39.6. The van der Waals surface area contributed by atoms with E-state index < -0.39 is 18.6 Å². The molecular formula is C54H57IrN5O-2. The summed E-state index contributed by atoms with van der Waals surface area (Å²) in [5.74, 6) is 2.33. The normalized spacial score (nSPS) is 13.6. The Morgan fingerprint density at radius 1 is 0.689 bits per heavy atom. The van der Waals surface area contributed by atoms with Crippen molar-refractivity contribution in [3.05, 3.63) is 149 Å².